The Kier molecular flexibility index (Phi) is 4.13. The zero-order valence-electron chi connectivity index (χ0n) is 13.7. The molecule has 1 fully saturated rings. The molecule has 0 spiro atoms. The molecule has 3 heterocycles. The lowest BCUT2D eigenvalue weighted by Crippen LogP contribution is -2.18. The number of rotatable bonds is 5. The largest absolute Gasteiger partial charge is 0.381 e. The third kappa shape index (κ3) is 3.10. The molecule has 24 heavy (non-hydrogen) atoms. The number of aryl methyl sites for hydroxylation is 1. The minimum absolute atomic E-state index is 0.201. The number of benzene rings is 1. The van der Waals surface area contributed by atoms with Gasteiger partial charge in [-0.1, -0.05) is 30.3 Å². The lowest BCUT2D eigenvalue weighted by atomic mass is 9.94. The number of hydrogen-bond donors (Lipinski definition) is 1. The number of nitrogens with one attached hydrogen (secondary N) is 1. The second-order valence-corrected chi connectivity index (χ2v) is 6.33. The van der Waals surface area contributed by atoms with Crippen molar-refractivity contribution < 1.29 is 4.74 Å². The SMILES string of the molecule is Cc1cc(NC(CC2CCOC2)c2ccccc2)n2ncnc2n1. The predicted octanol–water partition coefficient (Wildman–Crippen LogP) is 3.01. The Morgan fingerprint density at radius 1 is 1.33 bits per heavy atom. The van der Waals surface area contributed by atoms with E-state index in [4.69, 9.17) is 4.74 Å². The van der Waals surface area contributed by atoms with E-state index < -0.39 is 0 Å². The van der Waals surface area contributed by atoms with E-state index in [1.54, 1.807) is 4.52 Å². The summed E-state index contributed by atoms with van der Waals surface area (Å²) >= 11 is 0. The van der Waals surface area contributed by atoms with E-state index in [2.05, 4.69) is 44.6 Å². The molecule has 6 nitrogen and oxygen atoms in total. The maximum Gasteiger partial charge on any atom is 0.254 e. The van der Waals surface area contributed by atoms with Crippen LogP contribution in [0.5, 0.6) is 0 Å². The van der Waals surface area contributed by atoms with Crippen molar-refractivity contribution in [2.24, 2.45) is 5.92 Å². The molecule has 1 aromatic carbocycles. The molecule has 124 valence electrons. The van der Waals surface area contributed by atoms with E-state index in [9.17, 15) is 0 Å². The van der Waals surface area contributed by atoms with Crippen LogP contribution in [0.25, 0.3) is 5.78 Å². The van der Waals surface area contributed by atoms with Gasteiger partial charge in [-0.2, -0.15) is 14.6 Å². The molecule has 4 rings (SSSR count). The summed E-state index contributed by atoms with van der Waals surface area (Å²) < 4.78 is 7.31. The van der Waals surface area contributed by atoms with Gasteiger partial charge in [-0.25, -0.2) is 4.98 Å². The van der Waals surface area contributed by atoms with E-state index >= 15 is 0 Å². The molecule has 1 N–H and O–H groups in total. The van der Waals surface area contributed by atoms with Gasteiger partial charge in [-0.05, 0) is 31.2 Å². The summed E-state index contributed by atoms with van der Waals surface area (Å²) in [4.78, 5) is 8.61. The lowest BCUT2D eigenvalue weighted by Gasteiger charge is -2.23. The summed E-state index contributed by atoms with van der Waals surface area (Å²) in [5.41, 5.74) is 2.20. The standard InChI is InChI=1S/C18H21N5O/c1-13-9-17(23-18(21-13)19-12-20-23)22-16(10-14-7-8-24-11-14)15-5-3-2-4-6-15/h2-6,9,12,14,16,22H,7-8,10-11H2,1H3. The average molecular weight is 323 g/mol. The molecule has 0 amide bonds. The van der Waals surface area contributed by atoms with E-state index in [0.717, 1.165) is 37.6 Å². The van der Waals surface area contributed by atoms with Crippen molar-refractivity contribution >= 4 is 11.6 Å². The van der Waals surface area contributed by atoms with Crippen LogP contribution >= 0.6 is 0 Å². The Morgan fingerprint density at radius 2 is 2.21 bits per heavy atom. The Bertz CT molecular complexity index is 811. The monoisotopic (exact) mass is 323 g/mol. The molecule has 1 aliphatic heterocycles. The minimum Gasteiger partial charge on any atom is -0.381 e. The molecule has 0 bridgehead atoms. The molecule has 0 radical (unpaired) electrons. The number of hydrogen-bond acceptors (Lipinski definition) is 5. The third-order valence-corrected chi connectivity index (χ3v) is 4.50. The fourth-order valence-corrected chi connectivity index (χ4v) is 3.28. The molecule has 3 aromatic rings. The zero-order chi connectivity index (χ0) is 16.4. The highest BCUT2D eigenvalue weighted by Crippen LogP contribution is 2.29. The summed E-state index contributed by atoms with van der Waals surface area (Å²) in [6, 6.07) is 12.8. The van der Waals surface area contributed by atoms with Crippen LogP contribution in [0.4, 0.5) is 5.82 Å². The summed E-state index contributed by atoms with van der Waals surface area (Å²) in [6.45, 7) is 3.69. The highest BCUT2D eigenvalue weighted by atomic mass is 16.5. The summed E-state index contributed by atoms with van der Waals surface area (Å²) in [7, 11) is 0. The average Bonchev–Trinajstić information content (AvgIpc) is 3.26. The van der Waals surface area contributed by atoms with Gasteiger partial charge in [0.1, 0.15) is 12.1 Å². The molecule has 0 saturated carbocycles. The van der Waals surface area contributed by atoms with Gasteiger partial charge in [0.2, 0.25) is 0 Å². The van der Waals surface area contributed by atoms with E-state index in [0.29, 0.717) is 11.7 Å². The van der Waals surface area contributed by atoms with Crippen molar-refractivity contribution in [3.05, 3.63) is 54.0 Å². The van der Waals surface area contributed by atoms with Crippen LogP contribution in [0.15, 0.2) is 42.7 Å². The molecule has 1 aliphatic rings. The number of aromatic nitrogens is 4. The Balaban J connectivity index is 1.66. The Morgan fingerprint density at radius 3 is 3.00 bits per heavy atom. The first-order valence-electron chi connectivity index (χ1n) is 8.36. The van der Waals surface area contributed by atoms with Gasteiger partial charge in [-0.3, -0.25) is 0 Å². The first-order valence-corrected chi connectivity index (χ1v) is 8.36. The van der Waals surface area contributed by atoms with Crippen molar-refractivity contribution in [2.75, 3.05) is 18.5 Å². The van der Waals surface area contributed by atoms with Gasteiger partial charge in [-0.15, -0.1) is 0 Å². The fraction of sp³-hybridized carbons (Fsp3) is 0.389. The van der Waals surface area contributed by atoms with Gasteiger partial charge in [0.15, 0.2) is 0 Å². The summed E-state index contributed by atoms with van der Waals surface area (Å²) in [6.07, 6.45) is 3.69. The van der Waals surface area contributed by atoms with Gasteiger partial charge >= 0.3 is 0 Å². The maximum atomic E-state index is 5.56. The van der Waals surface area contributed by atoms with Gasteiger partial charge in [0.25, 0.3) is 5.78 Å². The van der Waals surface area contributed by atoms with Gasteiger partial charge < -0.3 is 10.1 Å². The summed E-state index contributed by atoms with van der Waals surface area (Å²) in [5, 5.41) is 7.95. The van der Waals surface area contributed by atoms with Crippen molar-refractivity contribution in [1.29, 1.82) is 0 Å². The molecular formula is C18H21N5O. The van der Waals surface area contributed by atoms with E-state index in [-0.39, 0.29) is 6.04 Å². The van der Waals surface area contributed by atoms with Crippen molar-refractivity contribution in [1.82, 2.24) is 19.6 Å². The van der Waals surface area contributed by atoms with E-state index in [1.165, 1.54) is 11.9 Å². The van der Waals surface area contributed by atoms with Crippen molar-refractivity contribution in [2.45, 2.75) is 25.8 Å². The number of anilines is 1. The van der Waals surface area contributed by atoms with Crippen LogP contribution in [-0.2, 0) is 4.74 Å². The van der Waals surface area contributed by atoms with Gasteiger partial charge in [0.05, 0.1) is 6.04 Å². The number of nitrogens with zero attached hydrogens (tertiary/aromatic N) is 4. The molecule has 2 unspecified atom stereocenters. The van der Waals surface area contributed by atoms with E-state index in [1.807, 2.05) is 19.1 Å². The molecule has 0 aliphatic carbocycles. The normalized spacial score (nSPS) is 18.8. The molecule has 2 atom stereocenters. The van der Waals surface area contributed by atoms with Crippen molar-refractivity contribution in [3.8, 4) is 0 Å². The topological polar surface area (TPSA) is 64.3 Å². The van der Waals surface area contributed by atoms with Crippen LogP contribution in [0.2, 0.25) is 0 Å². The highest BCUT2D eigenvalue weighted by molar-refractivity contribution is 5.46. The highest BCUT2D eigenvalue weighted by Gasteiger charge is 2.22. The van der Waals surface area contributed by atoms with Crippen LogP contribution < -0.4 is 5.32 Å². The third-order valence-electron chi connectivity index (χ3n) is 4.50. The first kappa shape index (κ1) is 15.1. The minimum atomic E-state index is 0.201. The van der Waals surface area contributed by atoms with Crippen LogP contribution in [0, 0.1) is 12.8 Å². The van der Waals surface area contributed by atoms with Crippen LogP contribution in [0.1, 0.15) is 30.1 Å². The number of ether oxygens (including phenoxy) is 1. The summed E-state index contributed by atoms with van der Waals surface area (Å²) in [5.74, 6) is 2.12. The molecule has 1 saturated heterocycles. The van der Waals surface area contributed by atoms with Crippen LogP contribution in [-0.4, -0.2) is 32.8 Å². The molecule has 6 heteroatoms. The van der Waals surface area contributed by atoms with Crippen molar-refractivity contribution in [3.63, 3.8) is 0 Å². The smallest absolute Gasteiger partial charge is 0.254 e. The fourth-order valence-electron chi connectivity index (χ4n) is 3.28. The Labute approximate surface area is 140 Å². The quantitative estimate of drug-likeness (QED) is 0.782. The Hall–Kier alpha value is -2.47. The second-order valence-electron chi connectivity index (χ2n) is 6.33. The van der Waals surface area contributed by atoms with Crippen LogP contribution in [0.3, 0.4) is 0 Å². The molecular weight excluding hydrogens is 302 g/mol. The predicted molar refractivity (Wildman–Crippen MR) is 91.9 cm³/mol. The molecule has 2 aromatic heterocycles. The lowest BCUT2D eigenvalue weighted by molar-refractivity contribution is 0.183. The maximum absolute atomic E-state index is 5.56. The first-order chi connectivity index (χ1) is 11.8. The second kappa shape index (κ2) is 6.57. The zero-order valence-corrected chi connectivity index (χ0v) is 13.7. The van der Waals surface area contributed by atoms with Gasteiger partial charge in [0, 0.05) is 25.0 Å². The number of fused-ring (bicyclic) bond motifs is 1.